The fourth-order valence-corrected chi connectivity index (χ4v) is 2.20. The predicted molar refractivity (Wildman–Crippen MR) is 39.1 cm³/mol. The Morgan fingerprint density at radius 3 is 2.38 bits per heavy atom. The van der Waals surface area contributed by atoms with Gasteiger partial charge in [0, 0.05) is 16.5 Å². The van der Waals surface area contributed by atoms with Crippen LogP contribution in [0, 0.1) is 0 Å². The molecular formula is C6H13NS. The van der Waals surface area contributed by atoms with Crippen LogP contribution >= 0.6 is 11.8 Å². The first-order valence-electron chi connectivity index (χ1n) is 3.00. The molecule has 1 saturated heterocycles. The van der Waals surface area contributed by atoms with Crippen LogP contribution in [0.15, 0.2) is 0 Å². The maximum Gasteiger partial charge on any atom is 0.0143 e. The topological polar surface area (TPSA) is 26.0 Å². The average Bonchev–Trinajstić information content (AvgIpc) is 1.82. The Bertz CT molecular complexity index is 90.5. The van der Waals surface area contributed by atoms with Crippen molar-refractivity contribution in [2.45, 2.75) is 31.1 Å². The zero-order valence-corrected chi connectivity index (χ0v) is 6.29. The summed E-state index contributed by atoms with van der Waals surface area (Å²) in [5.74, 6) is 1.15. The van der Waals surface area contributed by atoms with Gasteiger partial charge in [-0.1, -0.05) is 13.8 Å². The third-order valence-corrected chi connectivity index (χ3v) is 2.98. The molecule has 0 aromatic heterocycles. The monoisotopic (exact) mass is 131 g/mol. The first-order valence-corrected chi connectivity index (χ1v) is 3.98. The number of thioether (sulfide) groups is 1. The lowest BCUT2D eigenvalue weighted by atomic mass is 10.1. The number of hydrogen-bond donors (Lipinski definition) is 1. The molecule has 0 aromatic rings. The van der Waals surface area contributed by atoms with Crippen molar-refractivity contribution in [2.24, 2.45) is 5.73 Å². The highest BCUT2D eigenvalue weighted by Gasteiger charge is 2.28. The molecule has 1 fully saturated rings. The summed E-state index contributed by atoms with van der Waals surface area (Å²) >= 11 is 1.98. The Morgan fingerprint density at radius 1 is 1.62 bits per heavy atom. The minimum absolute atomic E-state index is 0.454. The minimum Gasteiger partial charge on any atom is -0.327 e. The largest absolute Gasteiger partial charge is 0.327 e. The van der Waals surface area contributed by atoms with Crippen molar-refractivity contribution >= 4 is 11.8 Å². The second-order valence-electron chi connectivity index (χ2n) is 3.03. The summed E-state index contributed by atoms with van der Waals surface area (Å²) in [6.07, 6.45) is 1.18. The summed E-state index contributed by atoms with van der Waals surface area (Å²) in [5, 5.41) is 0. The van der Waals surface area contributed by atoms with Crippen LogP contribution in [0.4, 0.5) is 0 Å². The summed E-state index contributed by atoms with van der Waals surface area (Å²) < 4.78 is 0.458. The molecule has 0 radical (unpaired) electrons. The van der Waals surface area contributed by atoms with E-state index in [1.807, 2.05) is 11.8 Å². The van der Waals surface area contributed by atoms with Gasteiger partial charge in [-0.15, -0.1) is 0 Å². The van der Waals surface area contributed by atoms with E-state index in [2.05, 4.69) is 13.8 Å². The van der Waals surface area contributed by atoms with Crippen LogP contribution in [0.2, 0.25) is 0 Å². The fraction of sp³-hybridized carbons (Fsp3) is 1.00. The van der Waals surface area contributed by atoms with Crippen molar-refractivity contribution in [1.29, 1.82) is 0 Å². The van der Waals surface area contributed by atoms with Crippen molar-refractivity contribution in [3.63, 3.8) is 0 Å². The third kappa shape index (κ3) is 1.39. The van der Waals surface area contributed by atoms with Gasteiger partial charge in [-0.2, -0.15) is 11.8 Å². The van der Waals surface area contributed by atoms with Gasteiger partial charge in [-0.3, -0.25) is 0 Å². The lowest BCUT2D eigenvalue weighted by Gasteiger charge is -2.13. The molecule has 0 aromatic carbocycles. The first-order chi connectivity index (χ1) is 3.60. The van der Waals surface area contributed by atoms with Gasteiger partial charge in [-0.05, 0) is 6.42 Å². The van der Waals surface area contributed by atoms with Crippen LogP contribution in [0.3, 0.4) is 0 Å². The van der Waals surface area contributed by atoms with E-state index in [4.69, 9.17) is 5.73 Å². The number of hydrogen-bond acceptors (Lipinski definition) is 2. The van der Waals surface area contributed by atoms with Crippen molar-refractivity contribution in [3.8, 4) is 0 Å². The second kappa shape index (κ2) is 1.92. The molecule has 0 amide bonds. The molecule has 0 saturated carbocycles. The summed E-state index contributed by atoms with van der Waals surface area (Å²) in [5.41, 5.74) is 5.69. The van der Waals surface area contributed by atoms with Crippen LogP contribution in [0.5, 0.6) is 0 Å². The van der Waals surface area contributed by atoms with E-state index >= 15 is 0 Å². The molecule has 0 aliphatic carbocycles. The average molecular weight is 131 g/mol. The Labute approximate surface area is 55.0 Å². The van der Waals surface area contributed by atoms with Gasteiger partial charge >= 0.3 is 0 Å². The van der Waals surface area contributed by atoms with Crippen LogP contribution in [0.1, 0.15) is 20.3 Å². The van der Waals surface area contributed by atoms with Gasteiger partial charge in [0.1, 0.15) is 0 Å². The Kier molecular flexibility index (Phi) is 1.54. The lowest BCUT2D eigenvalue weighted by molar-refractivity contribution is 0.600. The Morgan fingerprint density at radius 2 is 2.25 bits per heavy atom. The van der Waals surface area contributed by atoms with E-state index in [9.17, 15) is 0 Å². The van der Waals surface area contributed by atoms with Crippen molar-refractivity contribution in [2.75, 3.05) is 5.75 Å². The molecule has 2 N–H and O–H groups in total. The molecule has 48 valence electrons. The quantitative estimate of drug-likeness (QED) is 0.535. The SMILES string of the molecule is CC1(C)CC(N)CS1. The maximum atomic E-state index is 5.69. The highest BCUT2D eigenvalue weighted by Crippen LogP contribution is 2.35. The van der Waals surface area contributed by atoms with Gasteiger partial charge in [0.15, 0.2) is 0 Å². The van der Waals surface area contributed by atoms with Crippen LogP contribution in [-0.4, -0.2) is 16.5 Å². The summed E-state index contributed by atoms with van der Waals surface area (Å²) in [6, 6.07) is 0.454. The van der Waals surface area contributed by atoms with E-state index in [0.717, 1.165) is 5.75 Å². The molecule has 1 atom stereocenters. The van der Waals surface area contributed by atoms with E-state index in [-0.39, 0.29) is 0 Å². The summed E-state index contributed by atoms with van der Waals surface area (Å²) in [7, 11) is 0. The molecule has 1 rings (SSSR count). The van der Waals surface area contributed by atoms with E-state index < -0.39 is 0 Å². The van der Waals surface area contributed by atoms with Gasteiger partial charge in [0.05, 0.1) is 0 Å². The molecule has 0 bridgehead atoms. The molecule has 1 aliphatic heterocycles. The van der Waals surface area contributed by atoms with Gasteiger partial charge in [0.25, 0.3) is 0 Å². The van der Waals surface area contributed by atoms with Gasteiger partial charge < -0.3 is 5.73 Å². The van der Waals surface area contributed by atoms with E-state index in [0.29, 0.717) is 10.8 Å². The Balaban J connectivity index is 2.44. The Hall–Kier alpha value is 0.310. The van der Waals surface area contributed by atoms with Crippen molar-refractivity contribution in [3.05, 3.63) is 0 Å². The molecule has 1 heterocycles. The zero-order chi connectivity index (χ0) is 6.20. The number of nitrogens with two attached hydrogens (primary N) is 1. The van der Waals surface area contributed by atoms with Crippen LogP contribution in [0.25, 0.3) is 0 Å². The molecule has 0 spiro atoms. The normalized spacial score (nSPS) is 35.6. The smallest absolute Gasteiger partial charge is 0.0143 e. The van der Waals surface area contributed by atoms with Crippen molar-refractivity contribution in [1.82, 2.24) is 0 Å². The summed E-state index contributed by atoms with van der Waals surface area (Å²) in [6.45, 7) is 4.51. The second-order valence-corrected chi connectivity index (χ2v) is 4.76. The molecule has 2 heteroatoms. The van der Waals surface area contributed by atoms with E-state index in [1.165, 1.54) is 6.42 Å². The van der Waals surface area contributed by atoms with Gasteiger partial charge in [-0.25, -0.2) is 0 Å². The molecular weight excluding hydrogens is 118 g/mol. The molecule has 8 heavy (non-hydrogen) atoms. The maximum absolute atomic E-state index is 5.69. The molecule has 1 nitrogen and oxygen atoms in total. The minimum atomic E-state index is 0.454. The fourth-order valence-electron chi connectivity index (χ4n) is 1.08. The summed E-state index contributed by atoms with van der Waals surface area (Å²) in [4.78, 5) is 0. The predicted octanol–water partition coefficient (Wildman–Crippen LogP) is 1.23. The third-order valence-electron chi connectivity index (χ3n) is 1.44. The molecule has 1 unspecified atom stereocenters. The standard InChI is InChI=1S/C6H13NS/c1-6(2)3-5(7)4-8-6/h5H,3-4,7H2,1-2H3. The van der Waals surface area contributed by atoms with E-state index in [1.54, 1.807) is 0 Å². The molecule has 1 aliphatic rings. The highest BCUT2D eigenvalue weighted by molar-refractivity contribution is 8.00. The van der Waals surface area contributed by atoms with Gasteiger partial charge in [0.2, 0.25) is 0 Å². The number of rotatable bonds is 0. The van der Waals surface area contributed by atoms with Crippen LogP contribution in [-0.2, 0) is 0 Å². The van der Waals surface area contributed by atoms with Crippen LogP contribution < -0.4 is 5.73 Å². The highest BCUT2D eigenvalue weighted by atomic mass is 32.2. The zero-order valence-electron chi connectivity index (χ0n) is 5.48. The lowest BCUT2D eigenvalue weighted by Crippen LogP contribution is -2.21. The van der Waals surface area contributed by atoms with Crippen molar-refractivity contribution < 1.29 is 0 Å². The first kappa shape index (κ1) is 6.43.